The zero-order valence-corrected chi connectivity index (χ0v) is 14.2. The lowest BCUT2D eigenvalue weighted by Gasteiger charge is -2.32. The van der Waals surface area contributed by atoms with E-state index in [9.17, 15) is 0 Å². The molecule has 1 aromatic rings. The number of likely N-dealkylation sites (N-methyl/N-ethyl adjacent to an activating group) is 1. The summed E-state index contributed by atoms with van der Waals surface area (Å²) >= 11 is 0. The van der Waals surface area contributed by atoms with Gasteiger partial charge in [-0.1, -0.05) is 65.0 Å². The summed E-state index contributed by atoms with van der Waals surface area (Å²) in [5, 5.41) is 3.66. The van der Waals surface area contributed by atoms with Crippen molar-refractivity contribution in [2.75, 3.05) is 19.6 Å². The minimum Gasteiger partial charge on any atom is -0.309 e. The number of hydrogen-bond acceptors (Lipinski definition) is 2. The summed E-state index contributed by atoms with van der Waals surface area (Å²) in [7, 11) is 0. The molecule has 0 amide bonds. The van der Waals surface area contributed by atoms with Gasteiger partial charge in [0.2, 0.25) is 0 Å². The Kier molecular flexibility index (Phi) is 12.6. The van der Waals surface area contributed by atoms with Crippen LogP contribution in [0.3, 0.4) is 0 Å². The lowest BCUT2D eigenvalue weighted by atomic mass is 10.1. The molecule has 1 atom stereocenters. The van der Waals surface area contributed by atoms with Gasteiger partial charge in [-0.2, -0.15) is 0 Å². The second-order valence-electron chi connectivity index (χ2n) is 4.60. The SMILES string of the molecule is CC.CC.CCN1CCCC(NCc2ccccc2)C1. The van der Waals surface area contributed by atoms with E-state index in [0.717, 1.165) is 6.54 Å². The minimum atomic E-state index is 0.675. The maximum absolute atomic E-state index is 3.66. The van der Waals surface area contributed by atoms with Gasteiger partial charge in [0.1, 0.15) is 0 Å². The van der Waals surface area contributed by atoms with E-state index < -0.39 is 0 Å². The van der Waals surface area contributed by atoms with Gasteiger partial charge >= 0.3 is 0 Å². The number of likely N-dealkylation sites (tertiary alicyclic amines) is 1. The average Bonchev–Trinajstić information content (AvgIpc) is 2.58. The third-order valence-electron chi connectivity index (χ3n) is 3.39. The van der Waals surface area contributed by atoms with Crippen LogP contribution in [0.2, 0.25) is 0 Å². The molecule has 0 aromatic heterocycles. The first kappa shape index (κ1) is 19.1. The van der Waals surface area contributed by atoms with Crippen molar-refractivity contribution in [1.82, 2.24) is 10.2 Å². The molecule has 0 aliphatic carbocycles. The van der Waals surface area contributed by atoms with Crippen molar-refractivity contribution in [2.24, 2.45) is 0 Å². The van der Waals surface area contributed by atoms with Crippen molar-refractivity contribution >= 4 is 0 Å². The number of benzene rings is 1. The molecule has 1 aromatic carbocycles. The zero-order valence-electron chi connectivity index (χ0n) is 14.2. The Hall–Kier alpha value is -0.860. The summed E-state index contributed by atoms with van der Waals surface area (Å²) in [5.74, 6) is 0. The third kappa shape index (κ3) is 7.66. The molecular formula is C18H34N2. The normalized spacial score (nSPS) is 18.4. The van der Waals surface area contributed by atoms with Crippen molar-refractivity contribution in [3.63, 3.8) is 0 Å². The standard InChI is InChI=1S/C14H22N2.2C2H6/c1-2-16-10-6-9-14(12-16)15-11-13-7-4-3-5-8-13;2*1-2/h3-5,7-8,14-15H,2,6,9-12H2,1H3;2*1-2H3. The van der Waals surface area contributed by atoms with Crippen LogP contribution in [0.1, 0.15) is 53.0 Å². The lowest BCUT2D eigenvalue weighted by Crippen LogP contribution is -2.45. The predicted octanol–water partition coefficient (Wildman–Crippen LogP) is 4.31. The highest BCUT2D eigenvalue weighted by molar-refractivity contribution is 5.14. The van der Waals surface area contributed by atoms with E-state index in [1.165, 1.54) is 38.0 Å². The fourth-order valence-electron chi connectivity index (χ4n) is 2.37. The van der Waals surface area contributed by atoms with Crippen LogP contribution in [0.25, 0.3) is 0 Å². The molecule has 116 valence electrons. The van der Waals surface area contributed by atoms with Crippen molar-refractivity contribution < 1.29 is 0 Å². The molecule has 0 bridgehead atoms. The third-order valence-corrected chi connectivity index (χ3v) is 3.39. The highest BCUT2D eigenvalue weighted by Crippen LogP contribution is 2.10. The molecule has 1 unspecified atom stereocenters. The summed E-state index contributed by atoms with van der Waals surface area (Å²) < 4.78 is 0. The molecular weight excluding hydrogens is 244 g/mol. The van der Waals surface area contributed by atoms with Crippen LogP contribution in [-0.4, -0.2) is 30.6 Å². The Morgan fingerprint density at radius 3 is 2.35 bits per heavy atom. The van der Waals surface area contributed by atoms with Crippen molar-refractivity contribution in [1.29, 1.82) is 0 Å². The number of piperidine rings is 1. The highest BCUT2D eigenvalue weighted by atomic mass is 15.2. The minimum absolute atomic E-state index is 0.675. The Bertz CT molecular complexity index is 298. The monoisotopic (exact) mass is 278 g/mol. The first-order valence-corrected chi connectivity index (χ1v) is 8.38. The summed E-state index contributed by atoms with van der Waals surface area (Å²) in [4.78, 5) is 2.53. The first-order valence-electron chi connectivity index (χ1n) is 8.38. The number of nitrogens with zero attached hydrogens (tertiary/aromatic N) is 1. The maximum atomic E-state index is 3.66. The second kappa shape index (κ2) is 13.1. The summed E-state index contributed by atoms with van der Waals surface area (Å²) in [6, 6.07) is 11.3. The smallest absolute Gasteiger partial charge is 0.0208 e. The van der Waals surface area contributed by atoms with Gasteiger partial charge < -0.3 is 10.2 Å². The van der Waals surface area contributed by atoms with Crippen LogP contribution in [-0.2, 0) is 6.54 Å². The van der Waals surface area contributed by atoms with Gasteiger partial charge in [-0.15, -0.1) is 0 Å². The molecule has 2 rings (SSSR count). The van der Waals surface area contributed by atoms with Gasteiger partial charge in [0, 0.05) is 19.1 Å². The quantitative estimate of drug-likeness (QED) is 0.882. The number of nitrogens with one attached hydrogen (secondary N) is 1. The Labute approximate surface area is 126 Å². The van der Waals surface area contributed by atoms with Crippen LogP contribution >= 0.6 is 0 Å². The van der Waals surface area contributed by atoms with E-state index in [0.29, 0.717) is 6.04 Å². The molecule has 0 saturated carbocycles. The Balaban J connectivity index is 0.000000829. The van der Waals surface area contributed by atoms with Gasteiger partial charge in [0.15, 0.2) is 0 Å². The van der Waals surface area contributed by atoms with Crippen molar-refractivity contribution in [2.45, 2.75) is 60.0 Å². The molecule has 20 heavy (non-hydrogen) atoms. The molecule has 1 N–H and O–H groups in total. The molecule has 1 fully saturated rings. The topological polar surface area (TPSA) is 15.3 Å². The molecule has 1 aliphatic rings. The molecule has 1 saturated heterocycles. The summed E-state index contributed by atoms with van der Waals surface area (Å²) in [6.07, 6.45) is 2.66. The van der Waals surface area contributed by atoms with E-state index in [1.807, 2.05) is 27.7 Å². The van der Waals surface area contributed by atoms with Crippen LogP contribution in [0.4, 0.5) is 0 Å². The number of hydrogen-bond donors (Lipinski definition) is 1. The zero-order chi connectivity index (χ0) is 15.2. The molecule has 1 heterocycles. The van der Waals surface area contributed by atoms with Crippen molar-refractivity contribution in [3.05, 3.63) is 35.9 Å². The van der Waals surface area contributed by atoms with Crippen LogP contribution in [0.5, 0.6) is 0 Å². The predicted molar refractivity (Wildman–Crippen MR) is 91.1 cm³/mol. The average molecular weight is 278 g/mol. The molecule has 1 aliphatic heterocycles. The molecule has 2 heteroatoms. The van der Waals surface area contributed by atoms with Crippen molar-refractivity contribution in [3.8, 4) is 0 Å². The largest absolute Gasteiger partial charge is 0.309 e. The summed E-state index contributed by atoms with van der Waals surface area (Å²) in [5.41, 5.74) is 1.39. The van der Waals surface area contributed by atoms with Crippen LogP contribution in [0.15, 0.2) is 30.3 Å². The molecule has 0 spiro atoms. The van der Waals surface area contributed by atoms with E-state index in [1.54, 1.807) is 0 Å². The van der Waals surface area contributed by atoms with Gasteiger partial charge in [0.05, 0.1) is 0 Å². The lowest BCUT2D eigenvalue weighted by molar-refractivity contribution is 0.198. The van der Waals surface area contributed by atoms with Gasteiger partial charge in [-0.3, -0.25) is 0 Å². The van der Waals surface area contributed by atoms with Crippen LogP contribution in [0, 0.1) is 0 Å². The van der Waals surface area contributed by atoms with Gasteiger partial charge in [0.25, 0.3) is 0 Å². The highest BCUT2D eigenvalue weighted by Gasteiger charge is 2.17. The number of rotatable bonds is 4. The fraction of sp³-hybridized carbons (Fsp3) is 0.667. The van der Waals surface area contributed by atoms with Crippen LogP contribution < -0.4 is 5.32 Å². The molecule has 2 nitrogen and oxygen atoms in total. The molecule has 0 radical (unpaired) electrons. The fourth-order valence-corrected chi connectivity index (χ4v) is 2.37. The Morgan fingerprint density at radius 2 is 1.75 bits per heavy atom. The Morgan fingerprint density at radius 1 is 1.10 bits per heavy atom. The van der Waals surface area contributed by atoms with E-state index in [-0.39, 0.29) is 0 Å². The van der Waals surface area contributed by atoms with Gasteiger partial charge in [-0.25, -0.2) is 0 Å². The van der Waals surface area contributed by atoms with Gasteiger partial charge in [-0.05, 0) is 31.5 Å². The van der Waals surface area contributed by atoms with E-state index in [2.05, 4.69) is 47.5 Å². The first-order chi connectivity index (χ1) is 9.88. The maximum Gasteiger partial charge on any atom is 0.0208 e. The summed E-state index contributed by atoms with van der Waals surface area (Å²) in [6.45, 7) is 14.9. The van der Waals surface area contributed by atoms with E-state index in [4.69, 9.17) is 0 Å². The van der Waals surface area contributed by atoms with E-state index >= 15 is 0 Å². The second-order valence-corrected chi connectivity index (χ2v) is 4.60.